The van der Waals surface area contributed by atoms with Crippen molar-refractivity contribution < 1.29 is 8.42 Å². The maximum atomic E-state index is 11.0. The monoisotopic (exact) mass is 222 g/mol. The maximum absolute atomic E-state index is 11.0. The van der Waals surface area contributed by atoms with Crippen molar-refractivity contribution in [2.75, 3.05) is 6.26 Å². The van der Waals surface area contributed by atoms with Gasteiger partial charge in [-0.15, -0.1) is 12.6 Å². The van der Waals surface area contributed by atoms with Crippen LogP contribution >= 0.6 is 24.2 Å². The summed E-state index contributed by atoms with van der Waals surface area (Å²) in [6.07, 6.45) is 1.14. The molecule has 0 atom stereocenters. The largest absolute Gasteiger partial charge is 0.224 e. The smallest absolute Gasteiger partial charge is 0.175 e. The van der Waals surface area contributed by atoms with E-state index in [0.29, 0.717) is 9.92 Å². The molecule has 0 N–H and O–H groups in total. The van der Waals surface area contributed by atoms with Gasteiger partial charge in [0.15, 0.2) is 9.84 Å². The number of hydrogen-bond acceptors (Lipinski definition) is 3. The molecular weight excluding hydrogens is 216 g/mol. The molecule has 1 rings (SSSR count). The Hall–Kier alpha value is -0.190. The summed E-state index contributed by atoms with van der Waals surface area (Å²) >= 11 is 9.69. The van der Waals surface area contributed by atoms with Gasteiger partial charge in [0.2, 0.25) is 0 Å². The molecule has 5 heteroatoms. The number of benzene rings is 1. The van der Waals surface area contributed by atoms with Gasteiger partial charge in [-0.1, -0.05) is 11.6 Å². The third-order valence-corrected chi connectivity index (χ3v) is 3.29. The molecule has 2 nitrogen and oxygen atoms in total. The van der Waals surface area contributed by atoms with E-state index < -0.39 is 9.84 Å². The number of sulfone groups is 1. The summed E-state index contributed by atoms with van der Waals surface area (Å²) in [7, 11) is -3.16. The van der Waals surface area contributed by atoms with Crippen LogP contribution in [0.2, 0.25) is 5.02 Å². The second kappa shape index (κ2) is 3.28. The van der Waals surface area contributed by atoms with Crippen molar-refractivity contribution in [1.82, 2.24) is 0 Å². The lowest BCUT2D eigenvalue weighted by Crippen LogP contribution is -1.96. The van der Waals surface area contributed by atoms with Crippen molar-refractivity contribution in [3.8, 4) is 0 Å². The highest BCUT2D eigenvalue weighted by Gasteiger charge is 2.07. The molecule has 0 amide bonds. The van der Waals surface area contributed by atoms with Crippen LogP contribution in [0.4, 0.5) is 0 Å². The van der Waals surface area contributed by atoms with E-state index in [0.717, 1.165) is 6.26 Å². The van der Waals surface area contributed by atoms with E-state index in [9.17, 15) is 8.42 Å². The van der Waals surface area contributed by atoms with E-state index in [-0.39, 0.29) is 4.90 Å². The van der Waals surface area contributed by atoms with Crippen LogP contribution in [-0.4, -0.2) is 14.7 Å². The fraction of sp³-hybridized carbons (Fsp3) is 0.143. The van der Waals surface area contributed by atoms with E-state index >= 15 is 0 Å². The van der Waals surface area contributed by atoms with Crippen molar-refractivity contribution in [2.24, 2.45) is 0 Å². The molecule has 0 heterocycles. The van der Waals surface area contributed by atoms with Crippen LogP contribution < -0.4 is 0 Å². The van der Waals surface area contributed by atoms with Crippen LogP contribution in [0.5, 0.6) is 0 Å². The Labute approximate surface area is 81.9 Å². The summed E-state index contributed by atoms with van der Waals surface area (Å²) in [5.74, 6) is 0. The molecular formula is C7H7ClO2S2. The lowest BCUT2D eigenvalue weighted by Gasteiger charge is -2.00. The summed E-state index contributed by atoms with van der Waals surface area (Å²) in [5, 5.41) is 0.348. The molecule has 0 aliphatic carbocycles. The lowest BCUT2D eigenvalue weighted by atomic mass is 10.4. The molecule has 1 aromatic rings. The van der Waals surface area contributed by atoms with Crippen LogP contribution in [0.3, 0.4) is 0 Å². The lowest BCUT2D eigenvalue weighted by molar-refractivity contribution is 0.602. The normalized spacial score (nSPS) is 11.6. The second-order valence-corrected chi connectivity index (χ2v) is 5.29. The SMILES string of the molecule is CS(=O)(=O)c1ccc(S)c(Cl)c1. The van der Waals surface area contributed by atoms with Gasteiger partial charge >= 0.3 is 0 Å². The van der Waals surface area contributed by atoms with Crippen LogP contribution in [0.1, 0.15) is 0 Å². The molecule has 0 aliphatic rings. The van der Waals surface area contributed by atoms with Crippen molar-refractivity contribution in [3.63, 3.8) is 0 Å². The molecule has 0 unspecified atom stereocenters. The number of thiol groups is 1. The van der Waals surface area contributed by atoms with E-state index in [4.69, 9.17) is 11.6 Å². The van der Waals surface area contributed by atoms with Crippen molar-refractivity contribution in [3.05, 3.63) is 23.2 Å². The maximum Gasteiger partial charge on any atom is 0.175 e. The molecule has 0 spiro atoms. The number of rotatable bonds is 1. The topological polar surface area (TPSA) is 34.1 Å². The van der Waals surface area contributed by atoms with Crippen LogP contribution in [0.25, 0.3) is 0 Å². The fourth-order valence-electron chi connectivity index (χ4n) is 0.718. The summed E-state index contributed by atoms with van der Waals surface area (Å²) < 4.78 is 22.0. The summed E-state index contributed by atoms with van der Waals surface area (Å²) in [5.41, 5.74) is 0. The van der Waals surface area contributed by atoms with Crippen molar-refractivity contribution in [1.29, 1.82) is 0 Å². The van der Waals surface area contributed by atoms with Gasteiger partial charge in [-0.05, 0) is 18.2 Å². The van der Waals surface area contributed by atoms with Gasteiger partial charge in [-0.25, -0.2) is 8.42 Å². The minimum Gasteiger partial charge on any atom is -0.224 e. The standard InChI is InChI=1S/C7H7ClO2S2/c1-12(9,10)5-2-3-7(11)6(8)4-5/h2-4,11H,1H3. The molecule has 0 saturated carbocycles. The number of halogens is 1. The Kier molecular flexibility index (Phi) is 2.70. The Morgan fingerprint density at radius 1 is 1.42 bits per heavy atom. The zero-order valence-corrected chi connectivity index (χ0v) is 8.75. The Morgan fingerprint density at radius 2 is 2.00 bits per heavy atom. The molecule has 0 saturated heterocycles. The highest BCUT2D eigenvalue weighted by Crippen LogP contribution is 2.23. The van der Waals surface area contributed by atoms with Crippen molar-refractivity contribution in [2.45, 2.75) is 9.79 Å². The molecule has 0 fully saturated rings. The first kappa shape index (κ1) is 9.89. The molecule has 0 radical (unpaired) electrons. The van der Waals surface area contributed by atoms with Gasteiger partial charge < -0.3 is 0 Å². The van der Waals surface area contributed by atoms with E-state index in [2.05, 4.69) is 12.6 Å². The average Bonchev–Trinajstić information content (AvgIpc) is 1.92. The molecule has 66 valence electrons. The minimum absolute atomic E-state index is 0.213. The van der Waals surface area contributed by atoms with Crippen molar-refractivity contribution >= 4 is 34.1 Å². The van der Waals surface area contributed by atoms with E-state index in [1.54, 1.807) is 6.07 Å². The first-order valence-corrected chi connectivity index (χ1v) is 5.81. The van der Waals surface area contributed by atoms with Gasteiger partial charge in [0, 0.05) is 11.2 Å². The average molecular weight is 223 g/mol. The molecule has 0 aromatic heterocycles. The predicted octanol–water partition coefficient (Wildman–Crippen LogP) is 2.03. The minimum atomic E-state index is -3.16. The fourth-order valence-corrected chi connectivity index (χ4v) is 1.75. The van der Waals surface area contributed by atoms with E-state index in [1.165, 1.54) is 12.1 Å². The third-order valence-electron chi connectivity index (χ3n) is 1.35. The third kappa shape index (κ3) is 2.15. The van der Waals surface area contributed by atoms with Gasteiger partial charge in [0.1, 0.15) is 0 Å². The van der Waals surface area contributed by atoms with Gasteiger partial charge in [-0.3, -0.25) is 0 Å². The van der Waals surface area contributed by atoms with Crippen LogP contribution in [0.15, 0.2) is 28.0 Å². The van der Waals surface area contributed by atoms with Gasteiger partial charge in [0.05, 0.1) is 9.92 Å². The zero-order chi connectivity index (χ0) is 9.35. The predicted molar refractivity (Wildman–Crippen MR) is 51.8 cm³/mol. The molecule has 12 heavy (non-hydrogen) atoms. The van der Waals surface area contributed by atoms with Crippen LogP contribution in [-0.2, 0) is 9.84 Å². The summed E-state index contributed by atoms with van der Waals surface area (Å²) in [6.45, 7) is 0. The molecule has 0 aliphatic heterocycles. The Morgan fingerprint density at radius 3 is 2.42 bits per heavy atom. The van der Waals surface area contributed by atoms with Gasteiger partial charge in [0.25, 0.3) is 0 Å². The first-order chi connectivity index (χ1) is 5.41. The Balaban J connectivity index is 3.33. The zero-order valence-electron chi connectivity index (χ0n) is 6.28. The van der Waals surface area contributed by atoms with E-state index in [1.807, 2.05) is 0 Å². The quantitative estimate of drug-likeness (QED) is 0.738. The summed E-state index contributed by atoms with van der Waals surface area (Å²) in [4.78, 5) is 0.786. The second-order valence-electron chi connectivity index (χ2n) is 2.39. The summed E-state index contributed by atoms with van der Waals surface area (Å²) in [6, 6.07) is 4.42. The van der Waals surface area contributed by atoms with Crippen LogP contribution in [0, 0.1) is 0 Å². The highest BCUT2D eigenvalue weighted by atomic mass is 35.5. The first-order valence-electron chi connectivity index (χ1n) is 3.10. The molecule has 0 bridgehead atoms. The van der Waals surface area contributed by atoms with Gasteiger partial charge in [-0.2, -0.15) is 0 Å². The number of hydrogen-bond donors (Lipinski definition) is 1. The molecule has 1 aromatic carbocycles. The Bertz CT molecular complexity index is 398. The highest BCUT2D eigenvalue weighted by molar-refractivity contribution is 7.90.